The summed E-state index contributed by atoms with van der Waals surface area (Å²) in [4.78, 5) is 4.79. The van der Waals surface area contributed by atoms with Crippen LogP contribution in [0.4, 0.5) is 5.69 Å². The zero-order valence-corrected chi connectivity index (χ0v) is 23.3. The fourth-order valence-electron chi connectivity index (χ4n) is 4.49. The van der Waals surface area contributed by atoms with Gasteiger partial charge in [0.2, 0.25) is 0 Å². The van der Waals surface area contributed by atoms with Gasteiger partial charge in [0.15, 0.2) is 0 Å². The Morgan fingerprint density at radius 2 is 1.00 bits per heavy atom. The first-order chi connectivity index (χ1) is 17.6. The molecule has 0 saturated carbocycles. The number of hydrogen-bond acceptors (Lipinski definition) is 2. The van der Waals surface area contributed by atoms with Crippen LogP contribution in [0.15, 0.2) is 141 Å². The number of rotatable bonds is 6. The Bertz CT molecular complexity index is 1390. The fourth-order valence-corrected chi connectivity index (χ4v) is 10.1. The van der Waals surface area contributed by atoms with E-state index in [-0.39, 0.29) is 5.75 Å². The van der Waals surface area contributed by atoms with Gasteiger partial charge in [-0.2, -0.15) is 0 Å². The van der Waals surface area contributed by atoms with Crippen LogP contribution in [0, 0.1) is 0 Å². The van der Waals surface area contributed by atoms with Gasteiger partial charge in [-0.1, -0.05) is 104 Å². The average molecular weight is 615 g/mol. The van der Waals surface area contributed by atoms with Gasteiger partial charge >= 0.3 is 0 Å². The molecule has 0 atom stereocenters. The lowest BCUT2D eigenvalue weighted by molar-refractivity contribution is -0.270. The standard InChI is InChI=1S/C31H22Br2NOP/c32-28-20-24(21-29(33)31(28)35)34-22-23-12-10-11-19-30(23)36(25-13-4-1-5-14-25,26-15-6-2-7-16-26)27-17-8-3-9-18-27/h1-22H. The third-order valence-corrected chi connectivity index (χ3v) is 11.6. The van der Waals surface area contributed by atoms with E-state index in [1.165, 1.54) is 21.2 Å². The first-order valence-corrected chi connectivity index (χ1v) is 14.8. The molecule has 5 rings (SSSR count). The maximum absolute atomic E-state index is 12.1. The van der Waals surface area contributed by atoms with Gasteiger partial charge in [-0.05, 0) is 60.7 Å². The van der Waals surface area contributed by atoms with Crippen LogP contribution in [-0.4, -0.2) is 6.21 Å². The summed E-state index contributed by atoms with van der Waals surface area (Å²) in [6, 6.07) is 44.3. The molecule has 0 heterocycles. The molecule has 2 nitrogen and oxygen atoms in total. The first kappa shape index (κ1) is 24.6. The maximum Gasteiger partial charge on any atom is 0.145 e. The Morgan fingerprint density at radius 3 is 1.47 bits per heavy atom. The molecular weight excluding hydrogens is 593 g/mol. The van der Waals surface area contributed by atoms with E-state index in [9.17, 15) is 5.11 Å². The van der Waals surface area contributed by atoms with Gasteiger partial charge in [0.05, 0.1) is 5.69 Å². The third kappa shape index (κ3) is 4.69. The summed E-state index contributed by atoms with van der Waals surface area (Å²) in [5.41, 5.74) is 1.74. The van der Waals surface area contributed by atoms with Crippen LogP contribution in [0.3, 0.4) is 0 Å². The summed E-state index contributed by atoms with van der Waals surface area (Å²) in [7, 11) is -2.25. The number of benzene rings is 5. The maximum atomic E-state index is 12.1. The topological polar surface area (TPSA) is 35.4 Å². The van der Waals surface area contributed by atoms with E-state index in [0.717, 1.165) is 5.56 Å². The molecule has 5 heteroatoms. The molecular formula is C31H22Br2NOP. The Balaban J connectivity index is 1.79. The zero-order chi connectivity index (χ0) is 25.0. The molecule has 0 aliphatic rings. The van der Waals surface area contributed by atoms with Crippen molar-refractivity contribution in [3.63, 3.8) is 0 Å². The van der Waals surface area contributed by atoms with Crippen molar-refractivity contribution in [1.29, 1.82) is 0 Å². The normalized spacial score (nSPS) is 11.6. The molecule has 0 aliphatic heterocycles. The Kier molecular flexibility index (Phi) is 7.48. The molecule has 0 unspecified atom stereocenters. The fraction of sp³-hybridized carbons (Fsp3) is 0. The van der Waals surface area contributed by atoms with E-state index in [0.29, 0.717) is 14.6 Å². The lowest BCUT2D eigenvalue weighted by atomic mass is 10.2. The molecule has 0 bridgehead atoms. The van der Waals surface area contributed by atoms with Gasteiger partial charge in [0.1, 0.15) is 28.5 Å². The smallest absolute Gasteiger partial charge is 0.145 e. The van der Waals surface area contributed by atoms with E-state index < -0.39 is 7.26 Å². The van der Waals surface area contributed by atoms with Crippen molar-refractivity contribution in [3.8, 4) is 5.75 Å². The predicted octanol–water partition coefficient (Wildman–Crippen LogP) is 6.66. The molecule has 36 heavy (non-hydrogen) atoms. The highest BCUT2D eigenvalue weighted by molar-refractivity contribution is 9.11. The van der Waals surface area contributed by atoms with Crippen LogP contribution in [0.5, 0.6) is 5.75 Å². The summed E-state index contributed by atoms with van der Waals surface area (Å²) in [5, 5.41) is 17.2. The van der Waals surface area contributed by atoms with Crippen LogP contribution >= 0.6 is 39.1 Å². The Labute approximate surface area is 229 Å². The summed E-state index contributed by atoms with van der Waals surface area (Å²) >= 11 is 6.70. The molecule has 0 amide bonds. The quantitative estimate of drug-likeness (QED) is 0.156. The highest BCUT2D eigenvalue weighted by Crippen LogP contribution is 2.54. The molecule has 0 aromatic heterocycles. The Hall–Kier alpha value is -3.04. The van der Waals surface area contributed by atoms with Gasteiger partial charge in [0.25, 0.3) is 0 Å². The number of hydrogen-bond donors (Lipinski definition) is 0. The van der Waals surface area contributed by atoms with Crippen molar-refractivity contribution in [3.05, 3.63) is 142 Å². The highest BCUT2D eigenvalue weighted by Gasteiger charge is 2.48. The molecule has 5 aromatic carbocycles. The number of nitrogens with zero attached hydrogens (tertiary/aromatic N) is 1. The number of halogens is 2. The van der Waals surface area contributed by atoms with Crippen molar-refractivity contribution in [2.75, 3.05) is 0 Å². The van der Waals surface area contributed by atoms with Gasteiger partial charge in [-0.3, -0.25) is 4.99 Å². The molecule has 0 aliphatic carbocycles. The van der Waals surface area contributed by atoms with E-state index in [1.54, 1.807) is 12.1 Å². The predicted molar refractivity (Wildman–Crippen MR) is 160 cm³/mol. The molecule has 0 N–H and O–H groups in total. The van der Waals surface area contributed by atoms with Gasteiger partial charge in [-0.15, -0.1) is 0 Å². The monoisotopic (exact) mass is 613 g/mol. The zero-order valence-electron chi connectivity index (χ0n) is 19.3. The second-order valence-corrected chi connectivity index (χ2v) is 13.3. The minimum Gasteiger partial charge on any atom is -0.871 e. The second-order valence-electron chi connectivity index (χ2n) is 8.23. The lowest BCUT2D eigenvalue weighted by Gasteiger charge is -2.28. The van der Waals surface area contributed by atoms with Crippen LogP contribution < -0.4 is 26.3 Å². The van der Waals surface area contributed by atoms with Crippen molar-refractivity contribution in [1.82, 2.24) is 0 Å². The number of aliphatic imine (C=N–C) groups is 1. The minimum absolute atomic E-state index is 0.0866. The SMILES string of the molecule is [O-]c1c(Br)cc(N=Cc2ccccc2[P+](c2ccccc2)(c2ccccc2)c2ccccc2)cc1Br. The summed E-state index contributed by atoms with van der Waals surface area (Å²) in [6.45, 7) is 0. The van der Waals surface area contributed by atoms with Gasteiger partial charge in [0, 0.05) is 20.7 Å². The van der Waals surface area contributed by atoms with Crippen molar-refractivity contribution >= 4 is 72.2 Å². The van der Waals surface area contributed by atoms with E-state index >= 15 is 0 Å². The molecule has 0 fully saturated rings. The lowest BCUT2D eigenvalue weighted by Crippen LogP contribution is -2.40. The average Bonchev–Trinajstić information content (AvgIpc) is 2.93. The second kappa shape index (κ2) is 10.9. The van der Waals surface area contributed by atoms with Crippen molar-refractivity contribution in [2.24, 2.45) is 4.99 Å². The van der Waals surface area contributed by atoms with Gasteiger partial charge < -0.3 is 5.11 Å². The minimum atomic E-state index is -2.25. The van der Waals surface area contributed by atoms with Crippen LogP contribution in [-0.2, 0) is 0 Å². The summed E-state index contributed by atoms with van der Waals surface area (Å²) < 4.78 is 0.967. The van der Waals surface area contributed by atoms with Crippen LogP contribution in [0.2, 0.25) is 0 Å². The highest BCUT2D eigenvalue weighted by atomic mass is 79.9. The van der Waals surface area contributed by atoms with E-state index in [2.05, 4.69) is 141 Å². The molecule has 5 aromatic rings. The molecule has 0 radical (unpaired) electrons. The van der Waals surface area contributed by atoms with E-state index in [1.807, 2.05) is 12.3 Å². The summed E-state index contributed by atoms with van der Waals surface area (Å²) in [6.07, 6.45) is 1.91. The van der Waals surface area contributed by atoms with Crippen molar-refractivity contribution in [2.45, 2.75) is 0 Å². The molecule has 0 spiro atoms. The Morgan fingerprint density at radius 1 is 0.583 bits per heavy atom. The third-order valence-electron chi connectivity index (χ3n) is 6.06. The van der Waals surface area contributed by atoms with Crippen LogP contribution in [0.1, 0.15) is 5.56 Å². The van der Waals surface area contributed by atoms with Crippen molar-refractivity contribution < 1.29 is 5.11 Å². The largest absolute Gasteiger partial charge is 0.871 e. The van der Waals surface area contributed by atoms with Gasteiger partial charge in [-0.25, -0.2) is 0 Å². The molecule has 0 saturated heterocycles. The summed E-state index contributed by atoms with van der Waals surface area (Å²) in [5.74, 6) is -0.0866. The molecule has 176 valence electrons. The first-order valence-electron chi connectivity index (χ1n) is 11.5. The van der Waals surface area contributed by atoms with E-state index in [4.69, 9.17) is 4.99 Å². The van der Waals surface area contributed by atoms with Crippen LogP contribution in [0.25, 0.3) is 0 Å².